The average Bonchev–Trinajstić information content (AvgIpc) is 2.77. The number of amides is 2. The highest BCUT2D eigenvalue weighted by Crippen LogP contribution is 2.22. The van der Waals surface area contributed by atoms with Crippen molar-refractivity contribution in [2.75, 3.05) is 6.61 Å². The third-order valence-electron chi connectivity index (χ3n) is 2.92. The quantitative estimate of drug-likeness (QED) is 0.766. The highest BCUT2D eigenvalue weighted by atomic mass is 16.5. The number of ether oxygens (including phenoxy) is 1. The van der Waals surface area contributed by atoms with E-state index >= 15 is 0 Å². The van der Waals surface area contributed by atoms with Crippen LogP contribution in [0.1, 0.15) is 36.5 Å². The van der Waals surface area contributed by atoms with Gasteiger partial charge in [-0.25, -0.2) is 0 Å². The first kappa shape index (κ1) is 12.8. The van der Waals surface area contributed by atoms with Gasteiger partial charge in [0.1, 0.15) is 6.23 Å². The molecule has 0 N–H and O–H groups in total. The van der Waals surface area contributed by atoms with Crippen LogP contribution in [-0.2, 0) is 9.53 Å². The minimum Gasteiger partial charge on any atom is -0.358 e. The summed E-state index contributed by atoms with van der Waals surface area (Å²) in [5.41, 5.74) is 0.526. The fourth-order valence-electron chi connectivity index (χ4n) is 2.03. The summed E-state index contributed by atoms with van der Waals surface area (Å²) in [6.45, 7) is 2.57. The van der Waals surface area contributed by atoms with Gasteiger partial charge >= 0.3 is 0 Å². The lowest BCUT2D eigenvalue weighted by Crippen LogP contribution is -2.40. The summed E-state index contributed by atoms with van der Waals surface area (Å²) in [6.07, 6.45) is 1.45. The van der Waals surface area contributed by atoms with Crippen LogP contribution in [0.25, 0.3) is 0 Å². The Labute approximate surface area is 107 Å². The zero-order valence-corrected chi connectivity index (χ0v) is 10.5. The summed E-state index contributed by atoms with van der Waals surface area (Å²) in [5.74, 6) is -0.413. The van der Waals surface area contributed by atoms with Crippen LogP contribution in [0.2, 0.25) is 0 Å². The Balaban J connectivity index is 2.14. The Bertz CT molecular complexity index is 430. The summed E-state index contributed by atoms with van der Waals surface area (Å²) in [4.78, 5) is 25.3. The van der Waals surface area contributed by atoms with Gasteiger partial charge in [0, 0.05) is 25.0 Å². The second-order valence-corrected chi connectivity index (χ2v) is 4.30. The summed E-state index contributed by atoms with van der Waals surface area (Å²) < 4.78 is 5.56. The molecule has 0 radical (unpaired) electrons. The molecular formula is C14H17NO3. The molecule has 1 atom stereocenters. The lowest BCUT2D eigenvalue weighted by atomic mass is 10.2. The molecule has 0 saturated carbocycles. The second-order valence-electron chi connectivity index (χ2n) is 4.30. The van der Waals surface area contributed by atoms with Crippen molar-refractivity contribution in [1.82, 2.24) is 4.90 Å². The Morgan fingerprint density at radius 1 is 1.39 bits per heavy atom. The molecular weight excluding hydrogens is 230 g/mol. The molecule has 2 amide bonds. The molecule has 1 aromatic rings. The van der Waals surface area contributed by atoms with E-state index in [1.807, 2.05) is 13.0 Å². The van der Waals surface area contributed by atoms with Gasteiger partial charge in [-0.05, 0) is 18.6 Å². The number of carbonyl (C=O) groups is 2. The zero-order valence-electron chi connectivity index (χ0n) is 10.5. The fraction of sp³-hybridized carbons (Fsp3) is 0.429. The van der Waals surface area contributed by atoms with Gasteiger partial charge < -0.3 is 4.74 Å². The van der Waals surface area contributed by atoms with Crippen LogP contribution in [-0.4, -0.2) is 29.5 Å². The molecule has 1 saturated heterocycles. The lowest BCUT2D eigenvalue weighted by Gasteiger charge is -2.23. The third kappa shape index (κ3) is 2.59. The van der Waals surface area contributed by atoms with Crippen molar-refractivity contribution >= 4 is 11.8 Å². The van der Waals surface area contributed by atoms with E-state index in [9.17, 15) is 9.59 Å². The molecule has 4 nitrogen and oxygen atoms in total. The van der Waals surface area contributed by atoms with Gasteiger partial charge in [0.2, 0.25) is 5.91 Å². The number of rotatable bonds is 4. The maximum Gasteiger partial charge on any atom is 0.262 e. The van der Waals surface area contributed by atoms with E-state index in [0.717, 1.165) is 6.42 Å². The molecule has 18 heavy (non-hydrogen) atoms. The standard InChI is InChI=1S/C14H17NO3/c1-2-10-18-13-9-8-12(16)15(13)14(17)11-6-4-3-5-7-11/h3-7,13H,2,8-10H2,1H3. The summed E-state index contributed by atoms with van der Waals surface area (Å²) in [7, 11) is 0. The van der Waals surface area contributed by atoms with E-state index in [0.29, 0.717) is 25.0 Å². The largest absolute Gasteiger partial charge is 0.358 e. The topological polar surface area (TPSA) is 46.6 Å². The number of likely N-dealkylation sites (tertiary alicyclic amines) is 1. The van der Waals surface area contributed by atoms with E-state index < -0.39 is 6.23 Å². The van der Waals surface area contributed by atoms with Crippen molar-refractivity contribution in [3.8, 4) is 0 Å². The Hall–Kier alpha value is -1.68. The van der Waals surface area contributed by atoms with Crippen LogP contribution in [0.15, 0.2) is 30.3 Å². The van der Waals surface area contributed by atoms with Crippen molar-refractivity contribution in [2.24, 2.45) is 0 Å². The molecule has 1 aliphatic heterocycles. The van der Waals surface area contributed by atoms with E-state index in [-0.39, 0.29) is 11.8 Å². The minimum absolute atomic E-state index is 0.148. The maximum absolute atomic E-state index is 12.3. The number of imide groups is 1. The number of hydrogen-bond acceptors (Lipinski definition) is 3. The first-order valence-electron chi connectivity index (χ1n) is 6.27. The molecule has 1 unspecified atom stereocenters. The lowest BCUT2D eigenvalue weighted by molar-refractivity contribution is -0.131. The molecule has 1 heterocycles. The molecule has 0 spiro atoms. The molecule has 4 heteroatoms. The van der Waals surface area contributed by atoms with Crippen molar-refractivity contribution < 1.29 is 14.3 Å². The van der Waals surface area contributed by atoms with Crippen LogP contribution in [0.3, 0.4) is 0 Å². The number of hydrogen-bond donors (Lipinski definition) is 0. The molecule has 1 aromatic carbocycles. The highest BCUT2D eigenvalue weighted by Gasteiger charge is 2.36. The highest BCUT2D eigenvalue weighted by molar-refractivity contribution is 6.05. The normalized spacial score (nSPS) is 19.3. The Kier molecular flexibility index (Phi) is 4.10. The van der Waals surface area contributed by atoms with E-state index in [1.165, 1.54) is 4.90 Å². The van der Waals surface area contributed by atoms with Crippen LogP contribution in [0.5, 0.6) is 0 Å². The monoisotopic (exact) mass is 247 g/mol. The summed E-state index contributed by atoms with van der Waals surface area (Å²) in [6, 6.07) is 8.84. The zero-order chi connectivity index (χ0) is 13.0. The predicted octanol–water partition coefficient (Wildman–Crippen LogP) is 2.20. The Morgan fingerprint density at radius 2 is 2.11 bits per heavy atom. The summed E-state index contributed by atoms with van der Waals surface area (Å²) >= 11 is 0. The molecule has 96 valence electrons. The smallest absolute Gasteiger partial charge is 0.262 e. The van der Waals surface area contributed by atoms with Gasteiger partial charge in [-0.3, -0.25) is 14.5 Å². The van der Waals surface area contributed by atoms with Crippen molar-refractivity contribution in [3.05, 3.63) is 35.9 Å². The van der Waals surface area contributed by atoms with Gasteiger partial charge in [0.15, 0.2) is 0 Å². The van der Waals surface area contributed by atoms with Crippen molar-refractivity contribution in [3.63, 3.8) is 0 Å². The van der Waals surface area contributed by atoms with Gasteiger partial charge in [-0.15, -0.1) is 0 Å². The van der Waals surface area contributed by atoms with Crippen molar-refractivity contribution in [1.29, 1.82) is 0 Å². The van der Waals surface area contributed by atoms with E-state index in [1.54, 1.807) is 24.3 Å². The summed E-state index contributed by atoms with van der Waals surface area (Å²) in [5, 5.41) is 0. The number of nitrogens with zero attached hydrogens (tertiary/aromatic N) is 1. The van der Waals surface area contributed by atoms with Crippen molar-refractivity contribution in [2.45, 2.75) is 32.4 Å². The predicted molar refractivity (Wildman–Crippen MR) is 66.9 cm³/mol. The maximum atomic E-state index is 12.3. The van der Waals surface area contributed by atoms with Gasteiger partial charge in [0.25, 0.3) is 5.91 Å². The van der Waals surface area contributed by atoms with E-state index in [2.05, 4.69) is 0 Å². The van der Waals surface area contributed by atoms with Gasteiger partial charge in [-0.2, -0.15) is 0 Å². The first-order valence-corrected chi connectivity index (χ1v) is 6.27. The molecule has 1 fully saturated rings. The first-order chi connectivity index (χ1) is 8.74. The molecule has 0 aliphatic carbocycles. The molecule has 1 aliphatic rings. The Morgan fingerprint density at radius 3 is 2.78 bits per heavy atom. The van der Waals surface area contributed by atoms with Crippen LogP contribution < -0.4 is 0 Å². The second kappa shape index (κ2) is 5.78. The van der Waals surface area contributed by atoms with Crippen LogP contribution >= 0.6 is 0 Å². The van der Waals surface area contributed by atoms with Crippen LogP contribution in [0, 0.1) is 0 Å². The molecule has 0 bridgehead atoms. The number of benzene rings is 1. The van der Waals surface area contributed by atoms with Crippen LogP contribution in [0.4, 0.5) is 0 Å². The fourth-order valence-corrected chi connectivity index (χ4v) is 2.03. The van der Waals surface area contributed by atoms with E-state index in [4.69, 9.17) is 4.74 Å². The molecule has 0 aromatic heterocycles. The van der Waals surface area contributed by atoms with Gasteiger partial charge in [-0.1, -0.05) is 25.1 Å². The average molecular weight is 247 g/mol. The minimum atomic E-state index is -0.398. The number of carbonyl (C=O) groups excluding carboxylic acids is 2. The third-order valence-corrected chi connectivity index (χ3v) is 2.92. The SMILES string of the molecule is CCCOC1CCC(=O)N1C(=O)c1ccccc1. The molecule has 2 rings (SSSR count). The van der Waals surface area contributed by atoms with Gasteiger partial charge in [0.05, 0.1) is 0 Å².